The Morgan fingerprint density at radius 1 is 1.06 bits per heavy atom. The van der Waals surface area contributed by atoms with Crippen molar-refractivity contribution in [1.82, 2.24) is 25.2 Å². The summed E-state index contributed by atoms with van der Waals surface area (Å²) in [5, 5.41) is 26.7. The molecule has 0 spiro atoms. The molecule has 2 N–H and O–H groups in total. The van der Waals surface area contributed by atoms with E-state index in [2.05, 4.69) is 32.0 Å². The molecule has 5 rings (SSSR count). The van der Waals surface area contributed by atoms with E-state index in [4.69, 9.17) is 0 Å². The van der Waals surface area contributed by atoms with E-state index in [0.29, 0.717) is 28.3 Å². The van der Waals surface area contributed by atoms with Crippen LogP contribution in [0.4, 0.5) is 5.69 Å². The summed E-state index contributed by atoms with van der Waals surface area (Å²) < 4.78 is 25.5. The van der Waals surface area contributed by atoms with Gasteiger partial charge in [0.1, 0.15) is 5.69 Å². The molecule has 11 heteroatoms. The standard InChI is InChI=1S/C25H19N7O3S/c1-32-22(25(33)27-21-11-6-15(14-26)12-20(21)24-28-30-31-29-24)13-17-4-3-5-19(23(17)32)16-7-9-18(10-8-16)36(2,34)35/h3-13H,1-2H3,(H,27,33)(H,28,29,30,31). The Hall–Kier alpha value is -4.82. The van der Waals surface area contributed by atoms with Crippen LogP contribution < -0.4 is 5.32 Å². The summed E-state index contributed by atoms with van der Waals surface area (Å²) in [5.74, 6) is -0.0372. The number of anilines is 1. The molecule has 0 fully saturated rings. The summed E-state index contributed by atoms with van der Waals surface area (Å²) in [5.41, 5.74) is 4.26. The van der Waals surface area contributed by atoms with Crippen LogP contribution in [0.5, 0.6) is 0 Å². The topological polar surface area (TPSA) is 146 Å². The van der Waals surface area contributed by atoms with Crippen molar-refractivity contribution in [3.05, 3.63) is 78.0 Å². The quantitative estimate of drug-likeness (QED) is 0.377. The molecule has 0 saturated heterocycles. The van der Waals surface area contributed by atoms with Gasteiger partial charge in [0, 0.05) is 29.8 Å². The Morgan fingerprint density at radius 2 is 1.83 bits per heavy atom. The molecule has 2 aromatic heterocycles. The van der Waals surface area contributed by atoms with Crippen molar-refractivity contribution >= 4 is 32.3 Å². The molecule has 0 bridgehead atoms. The van der Waals surface area contributed by atoms with Crippen molar-refractivity contribution in [2.45, 2.75) is 4.90 Å². The predicted octanol–water partition coefficient (Wildman–Crippen LogP) is 3.55. The van der Waals surface area contributed by atoms with Gasteiger partial charge in [-0.05, 0) is 52.4 Å². The van der Waals surface area contributed by atoms with Crippen molar-refractivity contribution in [2.75, 3.05) is 11.6 Å². The number of amides is 1. The zero-order valence-electron chi connectivity index (χ0n) is 19.2. The number of hydrogen-bond donors (Lipinski definition) is 2. The highest BCUT2D eigenvalue weighted by atomic mass is 32.2. The molecule has 0 radical (unpaired) electrons. The fourth-order valence-corrected chi connectivity index (χ4v) is 4.76. The first kappa shape index (κ1) is 22.9. The zero-order valence-corrected chi connectivity index (χ0v) is 20.0. The maximum absolute atomic E-state index is 13.4. The Labute approximate surface area is 206 Å². The molecule has 3 aromatic carbocycles. The maximum Gasteiger partial charge on any atom is 0.272 e. The second-order valence-electron chi connectivity index (χ2n) is 8.20. The number of nitriles is 1. The van der Waals surface area contributed by atoms with Gasteiger partial charge in [0.25, 0.3) is 5.91 Å². The lowest BCUT2D eigenvalue weighted by molar-refractivity contribution is 0.102. The van der Waals surface area contributed by atoms with E-state index in [1.807, 2.05) is 18.2 Å². The van der Waals surface area contributed by atoms with Gasteiger partial charge in [-0.3, -0.25) is 4.79 Å². The first-order valence-corrected chi connectivity index (χ1v) is 12.6. The number of aryl methyl sites for hydroxylation is 1. The van der Waals surface area contributed by atoms with Crippen molar-refractivity contribution in [3.63, 3.8) is 0 Å². The summed E-state index contributed by atoms with van der Waals surface area (Å²) in [4.78, 5) is 13.6. The van der Waals surface area contributed by atoms with E-state index in [0.717, 1.165) is 22.0 Å². The van der Waals surface area contributed by atoms with Gasteiger partial charge in [0.05, 0.1) is 27.7 Å². The van der Waals surface area contributed by atoms with Crippen LogP contribution in [0, 0.1) is 11.3 Å². The average molecular weight is 498 g/mol. The van der Waals surface area contributed by atoms with Gasteiger partial charge in [0.2, 0.25) is 0 Å². The number of tetrazole rings is 1. The fraction of sp³-hybridized carbons (Fsp3) is 0.0800. The van der Waals surface area contributed by atoms with Gasteiger partial charge >= 0.3 is 0 Å². The number of benzene rings is 3. The molecule has 178 valence electrons. The largest absolute Gasteiger partial charge is 0.339 e. The number of nitrogens with zero attached hydrogens (tertiary/aromatic N) is 5. The smallest absolute Gasteiger partial charge is 0.272 e. The van der Waals surface area contributed by atoms with Gasteiger partial charge in [0.15, 0.2) is 15.7 Å². The Bertz CT molecular complexity index is 1770. The van der Waals surface area contributed by atoms with Crippen molar-refractivity contribution in [1.29, 1.82) is 5.26 Å². The van der Waals surface area contributed by atoms with Crippen molar-refractivity contribution in [2.24, 2.45) is 7.05 Å². The van der Waals surface area contributed by atoms with E-state index >= 15 is 0 Å². The number of carbonyl (C=O) groups is 1. The zero-order chi connectivity index (χ0) is 25.4. The molecule has 0 saturated carbocycles. The van der Waals surface area contributed by atoms with Crippen molar-refractivity contribution < 1.29 is 13.2 Å². The van der Waals surface area contributed by atoms with Gasteiger partial charge < -0.3 is 9.88 Å². The normalized spacial score (nSPS) is 11.4. The number of para-hydroxylation sites is 1. The van der Waals surface area contributed by atoms with Gasteiger partial charge in [-0.1, -0.05) is 30.3 Å². The summed E-state index contributed by atoms with van der Waals surface area (Å²) in [6.45, 7) is 0. The number of carbonyl (C=O) groups excluding carboxylic acids is 1. The van der Waals surface area contributed by atoms with E-state index in [-0.39, 0.29) is 10.8 Å². The van der Waals surface area contributed by atoms with Crippen LogP contribution in [0.15, 0.2) is 71.6 Å². The van der Waals surface area contributed by atoms with E-state index in [1.165, 1.54) is 6.26 Å². The minimum absolute atomic E-state index is 0.241. The second-order valence-corrected chi connectivity index (χ2v) is 10.2. The molecule has 0 aliphatic heterocycles. The van der Waals surface area contributed by atoms with Crippen molar-refractivity contribution in [3.8, 4) is 28.6 Å². The lowest BCUT2D eigenvalue weighted by Crippen LogP contribution is -2.16. The monoisotopic (exact) mass is 497 g/mol. The first-order chi connectivity index (χ1) is 17.3. The number of fused-ring (bicyclic) bond motifs is 1. The Morgan fingerprint density at radius 3 is 2.50 bits per heavy atom. The van der Waals surface area contributed by atoms with Crippen LogP contribution in [-0.2, 0) is 16.9 Å². The minimum Gasteiger partial charge on any atom is -0.339 e. The van der Waals surface area contributed by atoms with E-state index in [1.54, 1.807) is 60.1 Å². The number of aromatic amines is 1. The first-order valence-electron chi connectivity index (χ1n) is 10.7. The van der Waals surface area contributed by atoms with Gasteiger partial charge in [-0.15, -0.1) is 5.10 Å². The highest BCUT2D eigenvalue weighted by Gasteiger charge is 2.19. The SMILES string of the molecule is Cn1c(C(=O)Nc2ccc(C#N)cc2-c2nnn[nH]2)cc2cccc(-c3ccc(S(C)(=O)=O)cc3)c21. The highest BCUT2D eigenvalue weighted by molar-refractivity contribution is 7.90. The Kier molecular flexibility index (Phi) is 5.58. The lowest BCUT2D eigenvalue weighted by Gasteiger charge is -2.11. The molecule has 0 unspecified atom stereocenters. The van der Waals surface area contributed by atoms with Gasteiger partial charge in [-0.2, -0.15) is 5.26 Å². The maximum atomic E-state index is 13.4. The predicted molar refractivity (Wildman–Crippen MR) is 134 cm³/mol. The Balaban J connectivity index is 1.54. The van der Waals surface area contributed by atoms with Crippen LogP contribution in [0.2, 0.25) is 0 Å². The lowest BCUT2D eigenvalue weighted by atomic mass is 10.0. The van der Waals surface area contributed by atoms with Crippen LogP contribution in [-0.4, -0.2) is 45.8 Å². The third kappa shape index (κ3) is 4.10. The van der Waals surface area contributed by atoms with E-state index in [9.17, 15) is 18.5 Å². The molecular formula is C25H19N7O3S. The molecule has 0 aliphatic carbocycles. The molecule has 2 heterocycles. The summed E-state index contributed by atoms with van der Waals surface area (Å²) in [6, 6.07) is 21.1. The summed E-state index contributed by atoms with van der Waals surface area (Å²) in [6.07, 6.45) is 1.17. The minimum atomic E-state index is -3.30. The molecule has 36 heavy (non-hydrogen) atoms. The van der Waals surface area contributed by atoms with Crippen LogP contribution in [0.25, 0.3) is 33.4 Å². The molecule has 10 nitrogen and oxygen atoms in total. The number of sulfone groups is 1. The number of aromatic nitrogens is 5. The third-order valence-electron chi connectivity index (χ3n) is 5.88. The van der Waals surface area contributed by atoms with E-state index < -0.39 is 9.84 Å². The molecular weight excluding hydrogens is 478 g/mol. The van der Waals surface area contributed by atoms with Crippen LogP contribution in [0.1, 0.15) is 16.1 Å². The molecule has 0 atom stereocenters. The molecule has 5 aromatic rings. The highest BCUT2D eigenvalue weighted by Crippen LogP contribution is 2.32. The molecule has 0 aliphatic rings. The fourth-order valence-electron chi connectivity index (χ4n) is 4.13. The second kappa shape index (κ2) is 8.75. The average Bonchev–Trinajstić information content (AvgIpc) is 3.52. The third-order valence-corrected chi connectivity index (χ3v) is 7.01. The summed E-state index contributed by atoms with van der Waals surface area (Å²) >= 11 is 0. The molecule has 1 amide bonds. The number of rotatable bonds is 5. The van der Waals surface area contributed by atoms with Crippen LogP contribution in [0.3, 0.4) is 0 Å². The van der Waals surface area contributed by atoms with Crippen LogP contribution >= 0.6 is 0 Å². The number of hydrogen-bond acceptors (Lipinski definition) is 7. The van der Waals surface area contributed by atoms with Gasteiger partial charge in [-0.25, -0.2) is 13.5 Å². The number of H-pyrrole nitrogens is 1. The summed E-state index contributed by atoms with van der Waals surface area (Å²) in [7, 11) is -1.51. The number of nitrogens with one attached hydrogen (secondary N) is 2.